The van der Waals surface area contributed by atoms with Gasteiger partial charge in [0, 0.05) is 57.9 Å². The van der Waals surface area contributed by atoms with Gasteiger partial charge >= 0.3 is 5.97 Å². The average Bonchev–Trinajstić information content (AvgIpc) is 2.97. The number of methoxy groups -OCH3 is 1. The van der Waals surface area contributed by atoms with Crippen LogP contribution in [-0.2, 0) is 22.6 Å². The average molecular weight is 424 g/mol. The lowest BCUT2D eigenvalue weighted by Crippen LogP contribution is -2.32. The fourth-order valence-corrected chi connectivity index (χ4v) is 3.98. The highest BCUT2D eigenvalue weighted by Crippen LogP contribution is 2.18. The zero-order valence-corrected chi connectivity index (χ0v) is 18.8. The molecular weight excluding hydrogens is 390 g/mol. The van der Waals surface area contributed by atoms with Gasteiger partial charge in [0.1, 0.15) is 0 Å². The minimum atomic E-state index is -0.349. The fraction of sp³-hybridized carbons (Fsp3) is 0.440. The van der Waals surface area contributed by atoms with Crippen molar-refractivity contribution in [2.75, 3.05) is 44.7 Å². The van der Waals surface area contributed by atoms with Crippen LogP contribution in [0, 0.1) is 0 Å². The number of hydrogen-bond acceptors (Lipinski definition) is 5. The molecule has 1 heterocycles. The van der Waals surface area contributed by atoms with Crippen LogP contribution in [0.3, 0.4) is 0 Å². The minimum Gasteiger partial charge on any atom is -0.465 e. The van der Waals surface area contributed by atoms with Crippen molar-refractivity contribution in [1.82, 2.24) is 9.80 Å². The van der Waals surface area contributed by atoms with E-state index in [0.29, 0.717) is 25.1 Å². The van der Waals surface area contributed by atoms with Crippen molar-refractivity contribution in [1.29, 1.82) is 0 Å². The van der Waals surface area contributed by atoms with Crippen molar-refractivity contribution in [3.05, 3.63) is 65.2 Å². The molecule has 6 heteroatoms. The topological polar surface area (TPSA) is 53.1 Å². The van der Waals surface area contributed by atoms with Crippen LogP contribution in [0.4, 0.5) is 5.69 Å². The van der Waals surface area contributed by atoms with E-state index < -0.39 is 0 Å². The maximum Gasteiger partial charge on any atom is 0.337 e. The van der Waals surface area contributed by atoms with E-state index >= 15 is 0 Å². The smallest absolute Gasteiger partial charge is 0.337 e. The van der Waals surface area contributed by atoms with E-state index in [1.807, 2.05) is 17.0 Å². The highest BCUT2D eigenvalue weighted by molar-refractivity contribution is 5.89. The van der Waals surface area contributed by atoms with E-state index in [1.54, 1.807) is 12.1 Å². The second kappa shape index (κ2) is 11.0. The Morgan fingerprint density at radius 3 is 2.13 bits per heavy atom. The number of benzene rings is 2. The molecule has 1 amide bonds. The first-order chi connectivity index (χ1) is 15.0. The molecule has 0 N–H and O–H groups in total. The minimum absolute atomic E-state index is 0.177. The Morgan fingerprint density at radius 2 is 1.52 bits per heavy atom. The predicted octanol–water partition coefficient (Wildman–Crippen LogP) is 3.55. The summed E-state index contributed by atoms with van der Waals surface area (Å²) >= 11 is 0. The maximum atomic E-state index is 12.6. The monoisotopic (exact) mass is 423 g/mol. The van der Waals surface area contributed by atoms with Crippen molar-refractivity contribution >= 4 is 17.6 Å². The molecule has 166 valence electrons. The van der Waals surface area contributed by atoms with Crippen LogP contribution in [0.2, 0.25) is 0 Å². The molecule has 1 saturated heterocycles. The van der Waals surface area contributed by atoms with Gasteiger partial charge in [0.25, 0.3) is 0 Å². The molecule has 1 fully saturated rings. The lowest BCUT2D eigenvalue weighted by atomic mass is 10.1. The third-order valence-electron chi connectivity index (χ3n) is 5.90. The molecule has 0 spiro atoms. The number of rotatable bonds is 8. The second-order valence-electron chi connectivity index (χ2n) is 7.87. The van der Waals surface area contributed by atoms with E-state index in [0.717, 1.165) is 38.3 Å². The Hall–Kier alpha value is -2.86. The van der Waals surface area contributed by atoms with Gasteiger partial charge in [-0.25, -0.2) is 4.79 Å². The maximum absolute atomic E-state index is 12.6. The molecule has 0 saturated carbocycles. The summed E-state index contributed by atoms with van der Waals surface area (Å²) in [5.74, 6) is -0.172. The third kappa shape index (κ3) is 6.07. The molecule has 6 nitrogen and oxygen atoms in total. The molecule has 0 aliphatic carbocycles. The van der Waals surface area contributed by atoms with E-state index in [1.165, 1.54) is 18.4 Å². The van der Waals surface area contributed by atoms with Crippen LogP contribution in [0.25, 0.3) is 0 Å². The number of amides is 1. The molecule has 2 aromatic rings. The Kier molecular flexibility index (Phi) is 8.06. The highest BCUT2D eigenvalue weighted by Gasteiger charge is 2.21. The lowest BCUT2D eigenvalue weighted by Gasteiger charge is -2.23. The molecule has 2 aromatic carbocycles. The van der Waals surface area contributed by atoms with Gasteiger partial charge in [0.2, 0.25) is 5.91 Å². The fourth-order valence-electron chi connectivity index (χ4n) is 3.98. The summed E-state index contributed by atoms with van der Waals surface area (Å²) in [6.07, 6.45) is 0.526. The van der Waals surface area contributed by atoms with Gasteiger partial charge in [-0.05, 0) is 49.2 Å². The largest absolute Gasteiger partial charge is 0.465 e. The summed E-state index contributed by atoms with van der Waals surface area (Å²) < 4.78 is 4.74. The standard InChI is InChI=1S/C25H33N3O3/c1-4-27(5-2)23-12-8-20(9-13-23)18-26-15-14-24(29)28(17-16-26)19-21-6-10-22(11-7-21)25(30)31-3/h6-13H,4-5,14-19H2,1-3H3. The van der Waals surface area contributed by atoms with E-state index in [-0.39, 0.29) is 11.9 Å². The molecule has 0 atom stereocenters. The first kappa shape index (κ1) is 22.8. The highest BCUT2D eigenvalue weighted by atomic mass is 16.5. The molecule has 0 bridgehead atoms. The number of ether oxygens (including phenoxy) is 1. The molecule has 31 heavy (non-hydrogen) atoms. The quantitative estimate of drug-likeness (QED) is 0.608. The Bertz CT molecular complexity index is 861. The molecule has 1 aliphatic heterocycles. The van der Waals surface area contributed by atoms with Crippen molar-refractivity contribution in [3.63, 3.8) is 0 Å². The van der Waals surface area contributed by atoms with Crippen LogP contribution < -0.4 is 4.90 Å². The lowest BCUT2D eigenvalue weighted by molar-refractivity contribution is -0.130. The second-order valence-corrected chi connectivity index (χ2v) is 7.87. The van der Waals surface area contributed by atoms with Gasteiger partial charge in [-0.3, -0.25) is 9.69 Å². The van der Waals surface area contributed by atoms with Gasteiger partial charge in [0.15, 0.2) is 0 Å². The normalized spacial score (nSPS) is 14.9. The first-order valence-electron chi connectivity index (χ1n) is 11.0. The van der Waals surface area contributed by atoms with Crippen molar-refractivity contribution in [3.8, 4) is 0 Å². The van der Waals surface area contributed by atoms with Crippen molar-refractivity contribution in [2.24, 2.45) is 0 Å². The molecule has 0 radical (unpaired) electrons. The van der Waals surface area contributed by atoms with Crippen molar-refractivity contribution < 1.29 is 14.3 Å². The van der Waals surface area contributed by atoms with Gasteiger partial charge in [0.05, 0.1) is 12.7 Å². The van der Waals surface area contributed by atoms with Gasteiger partial charge in [-0.2, -0.15) is 0 Å². The SMILES string of the molecule is CCN(CC)c1ccc(CN2CCC(=O)N(Cc3ccc(C(=O)OC)cc3)CC2)cc1. The van der Waals surface area contributed by atoms with E-state index in [2.05, 4.69) is 47.9 Å². The summed E-state index contributed by atoms with van der Waals surface area (Å²) in [5, 5.41) is 0. The van der Waals surface area contributed by atoms with Crippen LogP contribution in [-0.4, -0.2) is 61.5 Å². The first-order valence-corrected chi connectivity index (χ1v) is 11.0. The summed E-state index contributed by atoms with van der Waals surface area (Å²) in [5.41, 5.74) is 4.06. The van der Waals surface area contributed by atoms with Crippen molar-refractivity contribution in [2.45, 2.75) is 33.4 Å². The number of carbonyl (C=O) groups excluding carboxylic acids is 2. The Balaban J connectivity index is 1.56. The zero-order chi connectivity index (χ0) is 22.2. The third-order valence-corrected chi connectivity index (χ3v) is 5.90. The van der Waals surface area contributed by atoms with Gasteiger partial charge < -0.3 is 14.5 Å². The number of nitrogens with zero attached hydrogens (tertiary/aromatic N) is 3. The van der Waals surface area contributed by atoms with Gasteiger partial charge in [-0.15, -0.1) is 0 Å². The molecular formula is C25H33N3O3. The zero-order valence-electron chi connectivity index (χ0n) is 18.8. The van der Waals surface area contributed by atoms with Crippen LogP contribution in [0.1, 0.15) is 41.8 Å². The van der Waals surface area contributed by atoms with Crippen LogP contribution in [0.5, 0.6) is 0 Å². The molecule has 0 unspecified atom stereocenters. The van der Waals surface area contributed by atoms with Gasteiger partial charge in [-0.1, -0.05) is 24.3 Å². The molecule has 1 aliphatic rings. The van der Waals surface area contributed by atoms with E-state index in [4.69, 9.17) is 4.74 Å². The summed E-state index contributed by atoms with van der Waals surface area (Å²) in [7, 11) is 1.37. The number of hydrogen-bond donors (Lipinski definition) is 0. The predicted molar refractivity (Wildman–Crippen MR) is 123 cm³/mol. The van der Waals surface area contributed by atoms with E-state index in [9.17, 15) is 9.59 Å². The molecule has 3 rings (SSSR count). The summed E-state index contributed by atoms with van der Waals surface area (Å²) in [4.78, 5) is 30.8. The summed E-state index contributed by atoms with van der Waals surface area (Å²) in [6.45, 7) is 10.1. The van der Waals surface area contributed by atoms with Crippen LogP contribution >= 0.6 is 0 Å². The Morgan fingerprint density at radius 1 is 0.903 bits per heavy atom. The molecule has 0 aromatic heterocycles. The number of anilines is 1. The number of esters is 1. The number of carbonyl (C=O) groups is 2. The summed E-state index contributed by atoms with van der Waals surface area (Å²) in [6, 6.07) is 16.0. The Labute approximate surface area is 185 Å². The van der Waals surface area contributed by atoms with Crippen LogP contribution in [0.15, 0.2) is 48.5 Å².